The number of para-hydroxylation sites is 1. The van der Waals surface area contributed by atoms with Gasteiger partial charge < -0.3 is 4.42 Å². The average Bonchev–Trinajstić information content (AvgIpc) is 3.86. The van der Waals surface area contributed by atoms with Crippen LogP contribution in [0.1, 0.15) is 0 Å². The lowest BCUT2D eigenvalue weighted by Crippen LogP contribution is -2.00. The van der Waals surface area contributed by atoms with Crippen molar-refractivity contribution in [3.8, 4) is 67.5 Å². The lowest BCUT2D eigenvalue weighted by atomic mass is 9.93. The van der Waals surface area contributed by atoms with Crippen molar-refractivity contribution in [3.63, 3.8) is 0 Å². The molecule has 0 fully saturated rings. The molecule has 0 radical (unpaired) electrons. The Morgan fingerprint density at radius 3 is 1.62 bits per heavy atom. The first-order chi connectivity index (χ1) is 27.7. The van der Waals surface area contributed by atoms with Crippen LogP contribution in [0.3, 0.4) is 0 Å². The molecule has 56 heavy (non-hydrogen) atoms. The molecule has 0 spiro atoms. The fourth-order valence-electron chi connectivity index (χ4n) is 7.86. The maximum absolute atomic E-state index is 6.68. The Balaban J connectivity index is 1.12. The molecule has 0 atom stereocenters. The minimum absolute atomic E-state index is 0.636. The zero-order valence-corrected chi connectivity index (χ0v) is 30.9. The summed E-state index contributed by atoms with van der Waals surface area (Å²) in [6, 6.07) is 65.6. The van der Waals surface area contributed by atoms with E-state index in [0.717, 1.165) is 71.0 Å². The Bertz CT molecular complexity index is 3230. The quantitative estimate of drug-likeness (QED) is 0.171. The van der Waals surface area contributed by atoms with Crippen molar-refractivity contribution in [1.82, 2.24) is 15.0 Å². The SMILES string of the molecule is c1ccc(-c2ccc(-c3nc(-c4ccccc4)nc(-c4cccc5c4sc4cccc(-c6cc(-c7ccccc7)cc7c6oc6ccccc67)c45)n3)cc2)cc1. The summed E-state index contributed by atoms with van der Waals surface area (Å²) in [7, 11) is 0. The van der Waals surface area contributed by atoms with Gasteiger partial charge in [-0.1, -0.05) is 158 Å². The van der Waals surface area contributed by atoms with Gasteiger partial charge in [-0.15, -0.1) is 11.3 Å². The third-order valence-corrected chi connectivity index (χ3v) is 11.8. The zero-order chi connectivity index (χ0) is 37.0. The van der Waals surface area contributed by atoms with Gasteiger partial charge in [0.15, 0.2) is 17.5 Å². The largest absolute Gasteiger partial charge is 0.455 e. The molecule has 0 unspecified atom stereocenters. The molecule has 3 aromatic heterocycles. The van der Waals surface area contributed by atoms with E-state index in [4.69, 9.17) is 19.4 Å². The number of furan rings is 1. The van der Waals surface area contributed by atoms with Crippen LogP contribution in [0.5, 0.6) is 0 Å². The molecule has 5 heteroatoms. The Morgan fingerprint density at radius 1 is 0.357 bits per heavy atom. The van der Waals surface area contributed by atoms with E-state index in [0.29, 0.717) is 17.5 Å². The molecule has 0 saturated carbocycles. The molecule has 11 aromatic rings. The summed E-state index contributed by atoms with van der Waals surface area (Å²) in [6.07, 6.45) is 0. The van der Waals surface area contributed by atoms with Crippen LogP contribution in [0, 0.1) is 0 Å². The molecule has 4 nitrogen and oxygen atoms in total. The topological polar surface area (TPSA) is 51.8 Å². The monoisotopic (exact) mass is 733 g/mol. The number of benzene rings is 8. The number of fused-ring (bicyclic) bond motifs is 6. The van der Waals surface area contributed by atoms with E-state index in [1.165, 1.54) is 21.2 Å². The average molecular weight is 734 g/mol. The highest BCUT2D eigenvalue weighted by Gasteiger charge is 2.21. The van der Waals surface area contributed by atoms with Crippen LogP contribution in [-0.2, 0) is 0 Å². The van der Waals surface area contributed by atoms with Crippen molar-refractivity contribution >= 4 is 53.4 Å². The van der Waals surface area contributed by atoms with Crippen molar-refractivity contribution in [3.05, 3.63) is 188 Å². The Morgan fingerprint density at radius 2 is 0.893 bits per heavy atom. The second kappa shape index (κ2) is 13.3. The molecule has 11 rings (SSSR count). The molecular weight excluding hydrogens is 703 g/mol. The maximum atomic E-state index is 6.68. The third kappa shape index (κ3) is 5.48. The Hall–Kier alpha value is -7.21. The number of rotatable bonds is 6. The van der Waals surface area contributed by atoms with Crippen molar-refractivity contribution < 1.29 is 4.42 Å². The molecule has 3 heterocycles. The van der Waals surface area contributed by atoms with E-state index in [1.807, 2.05) is 30.3 Å². The van der Waals surface area contributed by atoms with E-state index >= 15 is 0 Å². The summed E-state index contributed by atoms with van der Waals surface area (Å²) in [5.41, 5.74) is 11.5. The second-order valence-corrected chi connectivity index (χ2v) is 15.0. The number of hydrogen-bond donors (Lipinski definition) is 0. The van der Waals surface area contributed by atoms with Gasteiger partial charge in [0.2, 0.25) is 0 Å². The van der Waals surface area contributed by atoms with Gasteiger partial charge in [0, 0.05) is 53.2 Å². The highest BCUT2D eigenvalue weighted by molar-refractivity contribution is 7.26. The first kappa shape index (κ1) is 32.2. The minimum atomic E-state index is 0.636. The molecular formula is C51H31N3OS. The molecule has 262 valence electrons. The summed E-state index contributed by atoms with van der Waals surface area (Å²) < 4.78 is 9.00. The first-order valence-electron chi connectivity index (χ1n) is 18.7. The summed E-state index contributed by atoms with van der Waals surface area (Å²) in [5, 5.41) is 4.57. The summed E-state index contributed by atoms with van der Waals surface area (Å²) >= 11 is 1.77. The molecule has 0 aliphatic heterocycles. The van der Waals surface area contributed by atoms with Gasteiger partial charge in [-0.05, 0) is 58.1 Å². The number of thiophene rings is 1. The van der Waals surface area contributed by atoms with E-state index in [9.17, 15) is 0 Å². The fraction of sp³-hybridized carbons (Fsp3) is 0. The molecule has 0 aliphatic rings. The fourth-order valence-corrected chi connectivity index (χ4v) is 9.09. The predicted molar refractivity (Wildman–Crippen MR) is 233 cm³/mol. The van der Waals surface area contributed by atoms with Crippen molar-refractivity contribution in [2.45, 2.75) is 0 Å². The van der Waals surface area contributed by atoms with Crippen molar-refractivity contribution in [2.24, 2.45) is 0 Å². The van der Waals surface area contributed by atoms with Crippen LogP contribution in [0.2, 0.25) is 0 Å². The van der Waals surface area contributed by atoms with Crippen LogP contribution in [-0.4, -0.2) is 15.0 Å². The van der Waals surface area contributed by atoms with Crippen LogP contribution in [0.15, 0.2) is 192 Å². The van der Waals surface area contributed by atoms with Crippen molar-refractivity contribution in [1.29, 1.82) is 0 Å². The van der Waals surface area contributed by atoms with Gasteiger partial charge in [0.05, 0.1) is 0 Å². The van der Waals surface area contributed by atoms with Crippen LogP contribution >= 0.6 is 11.3 Å². The number of aromatic nitrogens is 3. The summed E-state index contributed by atoms with van der Waals surface area (Å²) in [6.45, 7) is 0. The van der Waals surface area contributed by atoms with Crippen molar-refractivity contribution in [2.75, 3.05) is 0 Å². The van der Waals surface area contributed by atoms with Crippen LogP contribution < -0.4 is 0 Å². The maximum Gasteiger partial charge on any atom is 0.165 e. The van der Waals surface area contributed by atoms with Gasteiger partial charge in [-0.2, -0.15) is 0 Å². The standard InChI is InChI=1S/C51H31N3OS/c1-4-14-32(15-5-1)34-26-28-36(29-27-34)50-52-49(35-18-8-3-9-19-35)53-51(54-50)41-23-12-22-40-46-39(21-13-25-45(46)56-48(40)41)43-31-37(33-16-6-2-7-17-33)30-42-38-20-10-11-24-44(38)55-47(42)43/h1-31H. The molecule has 8 aromatic carbocycles. The van der Waals surface area contributed by atoms with Crippen LogP contribution in [0.4, 0.5) is 0 Å². The van der Waals surface area contributed by atoms with Crippen LogP contribution in [0.25, 0.3) is 110 Å². The molecule has 0 bridgehead atoms. The third-order valence-electron chi connectivity index (χ3n) is 10.6. The summed E-state index contributed by atoms with van der Waals surface area (Å²) in [4.78, 5) is 15.4. The van der Waals surface area contributed by atoms with E-state index in [2.05, 4.69) is 158 Å². The minimum Gasteiger partial charge on any atom is -0.455 e. The normalized spacial score (nSPS) is 11.6. The highest BCUT2D eigenvalue weighted by Crippen LogP contribution is 2.47. The second-order valence-electron chi connectivity index (χ2n) is 13.9. The lowest BCUT2D eigenvalue weighted by molar-refractivity contribution is 0.670. The van der Waals surface area contributed by atoms with Gasteiger partial charge in [0.1, 0.15) is 11.2 Å². The van der Waals surface area contributed by atoms with E-state index in [-0.39, 0.29) is 0 Å². The van der Waals surface area contributed by atoms with E-state index < -0.39 is 0 Å². The number of hydrogen-bond acceptors (Lipinski definition) is 5. The van der Waals surface area contributed by atoms with Gasteiger partial charge in [-0.25, -0.2) is 15.0 Å². The van der Waals surface area contributed by atoms with E-state index in [1.54, 1.807) is 11.3 Å². The molecule has 0 amide bonds. The first-order valence-corrected chi connectivity index (χ1v) is 19.5. The lowest BCUT2D eigenvalue weighted by Gasteiger charge is -2.11. The smallest absolute Gasteiger partial charge is 0.165 e. The van der Waals surface area contributed by atoms with Gasteiger partial charge in [-0.3, -0.25) is 0 Å². The molecule has 0 aliphatic carbocycles. The molecule has 0 saturated heterocycles. The predicted octanol–water partition coefficient (Wildman–Crippen LogP) is 14.1. The number of nitrogens with zero attached hydrogens (tertiary/aromatic N) is 3. The Kier molecular flexibility index (Phi) is 7.64. The zero-order valence-electron chi connectivity index (χ0n) is 30.1. The van der Waals surface area contributed by atoms with Gasteiger partial charge >= 0.3 is 0 Å². The van der Waals surface area contributed by atoms with Gasteiger partial charge in [0.25, 0.3) is 0 Å². The Labute approximate surface area is 327 Å². The molecule has 0 N–H and O–H groups in total. The highest BCUT2D eigenvalue weighted by atomic mass is 32.1. The summed E-state index contributed by atoms with van der Waals surface area (Å²) in [5.74, 6) is 1.92.